The van der Waals surface area contributed by atoms with Gasteiger partial charge in [0.2, 0.25) is 0 Å². The van der Waals surface area contributed by atoms with Gasteiger partial charge in [0.1, 0.15) is 5.82 Å². The average molecular weight is 198 g/mol. The summed E-state index contributed by atoms with van der Waals surface area (Å²) in [7, 11) is 1.25. The van der Waals surface area contributed by atoms with Crippen LogP contribution in [-0.2, 0) is 16.0 Å². The highest BCUT2D eigenvalue weighted by Crippen LogP contribution is 2.22. The fraction of sp³-hybridized carbons (Fsp3) is 0.222. The van der Waals surface area contributed by atoms with Crippen molar-refractivity contribution in [1.82, 2.24) is 0 Å². The van der Waals surface area contributed by atoms with Gasteiger partial charge in [-0.25, -0.2) is 4.39 Å². The monoisotopic (exact) mass is 198 g/mol. The molecule has 0 bridgehead atoms. The van der Waals surface area contributed by atoms with Crippen LogP contribution in [0, 0.1) is 5.82 Å². The molecule has 1 rings (SSSR count). The fourth-order valence-corrected chi connectivity index (χ4v) is 1.07. The van der Waals surface area contributed by atoms with E-state index in [4.69, 9.17) is 11.5 Å². The van der Waals surface area contributed by atoms with Gasteiger partial charge in [-0.3, -0.25) is 4.79 Å². The molecule has 5 heteroatoms. The zero-order valence-electron chi connectivity index (χ0n) is 7.71. The number of rotatable bonds is 2. The Hall–Kier alpha value is -1.78. The molecule has 1 aromatic carbocycles. The van der Waals surface area contributed by atoms with Gasteiger partial charge in [-0.1, -0.05) is 0 Å². The third-order valence-corrected chi connectivity index (χ3v) is 1.82. The van der Waals surface area contributed by atoms with Gasteiger partial charge in [0.15, 0.2) is 0 Å². The lowest BCUT2D eigenvalue weighted by atomic mass is 10.1. The number of ether oxygens (including phenoxy) is 1. The van der Waals surface area contributed by atoms with Crippen molar-refractivity contribution in [2.24, 2.45) is 0 Å². The second-order valence-corrected chi connectivity index (χ2v) is 2.82. The Kier molecular flexibility index (Phi) is 2.91. The summed E-state index contributed by atoms with van der Waals surface area (Å²) < 4.78 is 17.3. The molecule has 0 aliphatic rings. The lowest BCUT2D eigenvalue weighted by molar-refractivity contribution is -0.139. The molecule has 0 spiro atoms. The molecule has 0 radical (unpaired) electrons. The summed E-state index contributed by atoms with van der Waals surface area (Å²) in [5, 5.41) is 0. The summed E-state index contributed by atoms with van der Waals surface area (Å²) in [6.45, 7) is 0. The Morgan fingerprint density at radius 1 is 1.50 bits per heavy atom. The van der Waals surface area contributed by atoms with Crippen molar-refractivity contribution in [2.75, 3.05) is 18.6 Å². The fourth-order valence-electron chi connectivity index (χ4n) is 1.07. The first kappa shape index (κ1) is 10.3. The molecule has 0 aliphatic heterocycles. The molecule has 0 aliphatic carbocycles. The number of hydrogen-bond donors (Lipinski definition) is 2. The number of hydrogen-bond acceptors (Lipinski definition) is 4. The van der Waals surface area contributed by atoms with Crippen LogP contribution in [0.25, 0.3) is 0 Å². The third kappa shape index (κ3) is 2.12. The zero-order valence-corrected chi connectivity index (χ0v) is 7.71. The van der Waals surface area contributed by atoms with Crippen molar-refractivity contribution >= 4 is 17.3 Å². The predicted octanol–water partition coefficient (Wildman–Crippen LogP) is 0.706. The molecular weight excluding hydrogens is 187 g/mol. The van der Waals surface area contributed by atoms with E-state index in [1.165, 1.54) is 13.2 Å². The number of esters is 1. The summed E-state index contributed by atoms with van der Waals surface area (Å²) in [6, 6.07) is 2.28. The Bertz CT molecular complexity index is 366. The molecule has 1 aromatic rings. The van der Waals surface area contributed by atoms with Crippen molar-refractivity contribution < 1.29 is 13.9 Å². The lowest BCUT2D eigenvalue weighted by Crippen LogP contribution is -2.08. The van der Waals surface area contributed by atoms with Gasteiger partial charge in [-0.2, -0.15) is 0 Å². The largest absolute Gasteiger partial charge is 0.469 e. The number of methoxy groups -OCH3 is 1. The number of carbonyl (C=O) groups excluding carboxylic acids is 1. The van der Waals surface area contributed by atoms with Gasteiger partial charge in [0, 0.05) is 0 Å². The molecule has 0 saturated heterocycles. The SMILES string of the molecule is COC(=O)Cc1cc(F)cc(N)c1N. The van der Waals surface area contributed by atoms with Crippen LogP contribution in [0.15, 0.2) is 12.1 Å². The number of benzene rings is 1. The van der Waals surface area contributed by atoms with E-state index >= 15 is 0 Å². The molecule has 0 aromatic heterocycles. The van der Waals surface area contributed by atoms with Gasteiger partial charge in [0.05, 0.1) is 24.9 Å². The van der Waals surface area contributed by atoms with Crippen LogP contribution in [0.1, 0.15) is 5.56 Å². The van der Waals surface area contributed by atoms with E-state index in [2.05, 4.69) is 4.74 Å². The van der Waals surface area contributed by atoms with E-state index < -0.39 is 11.8 Å². The van der Waals surface area contributed by atoms with E-state index in [1.807, 2.05) is 0 Å². The molecule has 0 saturated carbocycles. The number of carbonyl (C=O) groups is 1. The first-order valence-electron chi connectivity index (χ1n) is 3.94. The van der Waals surface area contributed by atoms with E-state index in [-0.39, 0.29) is 17.8 Å². The van der Waals surface area contributed by atoms with Gasteiger partial charge < -0.3 is 16.2 Å². The van der Waals surface area contributed by atoms with E-state index in [9.17, 15) is 9.18 Å². The number of halogens is 1. The highest BCUT2D eigenvalue weighted by atomic mass is 19.1. The molecule has 0 unspecified atom stereocenters. The van der Waals surface area contributed by atoms with Gasteiger partial charge in [0.25, 0.3) is 0 Å². The summed E-state index contributed by atoms with van der Waals surface area (Å²) >= 11 is 0. The normalized spacial score (nSPS) is 9.86. The molecule has 4 nitrogen and oxygen atoms in total. The van der Waals surface area contributed by atoms with Crippen molar-refractivity contribution in [3.05, 3.63) is 23.5 Å². The highest BCUT2D eigenvalue weighted by Gasteiger charge is 2.10. The molecule has 14 heavy (non-hydrogen) atoms. The Morgan fingerprint density at radius 3 is 2.71 bits per heavy atom. The van der Waals surface area contributed by atoms with E-state index in [0.717, 1.165) is 6.07 Å². The Balaban J connectivity index is 3.02. The summed E-state index contributed by atoms with van der Waals surface area (Å²) in [5.74, 6) is -1.00. The van der Waals surface area contributed by atoms with Crippen molar-refractivity contribution in [3.8, 4) is 0 Å². The Labute approximate surface area is 80.6 Å². The molecule has 0 heterocycles. The smallest absolute Gasteiger partial charge is 0.310 e. The molecule has 0 fully saturated rings. The van der Waals surface area contributed by atoms with Crippen LogP contribution in [0.4, 0.5) is 15.8 Å². The maximum Gasteiger partial charge on any atom is 0.310 e. The van der Waals surface area contributed by atoms with Crippen LogP contribution >= 0.6 is 0 Å². The van der Waals surface area contributed by atoms with E-state index in [0.29, 0.717) is 5.56 Å². The minimum Gasteiger partial charge on any atom is -0.469 e. The van der Waals surface area contributed by atoms with Crippen LogP contribution in [0.5, 0.6) is 0 Å². The topological polar surface area (TPSA) is 78.3 Å². The van der Waals surface area contributed by atoms with Gasteiger partial charge in [-0.05, 0) is 17.7 Å². The first-order chi connectivity index (χ1) is 6.54. The van der Waals surface area contributed by atoms with E-state index in [1.54, 1.807) is 0 Å². The highest BCUT2D eigenvalue weighted by molar-refractivity contribution is 5.78. The average Bonchev–Trinajstić information content (AvgIpc) is 2.13. The number of anilines is 2. The molecular formula is C9H11FN2O2. The first-order valence-corrected chi connectivity index (χ1v) is 3.94. The second kappa shape index (κ2) is 3.95. The van der Waals surface area contributed by atoms with Gasteiger partial charge >= 0.3 is 5.97 Å². The molecule has 0 amide bonds. The van der Waals surface area contributed by atoms with Crippen molar-refractivity contribution in [2.45, 2.75) is 6.42 Å². The lowest BCUT2D eigenvalue weighted by Gasteiger charge is -2.07. The van der Waals surface area contributed by atoms with Crippen LogP contribution in [0.3, 0.4) is 0 Å². The Morgan fingerprint density at radius 2 is 2.14 bits per heavy atom. The van der Waals surface area contributed by atoms with Crippen LogP contribution in [0.2, 0.25) is 0 Å². The summed E-state index contributed by atoms with van der Waals surface area (Å²) in [5.41, 5.74) is 11.7. The number of nitrogens with two attached hydrogens (primary N) is 2. The van der Waals surface area contributed by atoms with Crippen molar-refractivity contribution in [1.29, 1.82) is 0 Å². The van der Waals surface area contributed by atoms with Crippen molar-refractivity contribution in [3.63, 3.8) is 0 Å². The summed E-state index contributed by atoms with van der Waals surface area (Å²) in [4.78, 5) is 10.9. The maximum absolute atomic E-state index is 12.9. The third-order valence-electron chi connectivity index (χ3n) is 1.82. The second-order valence-electron chi connectivity index (χ2n) is 2.82. The van der Waals surface area contributed by atoms with Crippen LogP contribution < -0.4 is 11.5 Å². The maximum atomic E-state index is 12.9. The van der Waals surface area contributed by atoms with Crippen LogP contribution in [-0.4, -0.2) is 13.1 Å². The summed E-state index contributed by atoms with van der Waals surface area (Å²) in [6.07, 6.45) is -0.0791. The minimum absolute atomic E-state index is 0.0791. The molecule has 76 valence electrons. The minimum atomic E-state index is -0.518. The molecule has 0 atom stereocenters. The zero-order chi connectivity index (χ0) is 10.7. The molecule has 4 N–H and O–H groups in total. The number of nitrogen functional groups attached to an aromatic ring is 2. The predicted molar refractivity (Wildman–Crippen MR) is 50.9 cm³/mol. The quantitative estimate of drug-likeness (QED) is 0.541. The standard InChI is InChI=1S/C9H11FN2O2/c1-14-8(13)3-5-2-6(10)4-7(11)9(5)12/h2,4H,3,11-12H2,1H3. The van der Waals surface area contributed by atoms with Gasteiger partial charge in [-0.15, -0.1) is 0 Å².